The summed E-state index contributed by atoms with van der Waals surface area (Å²) < 4.78 is 18.3. The summed E-state index contributed by atoms with van der Waals surface area (Å²) >= 11 is 0. The zero-order valence-electron chi connectivity index (χ0n) is 9.40. The number of rotatable bonds is 1. The van der Waals surface area contributed by atoms with Gasteiger partial charge in [0.05, 0.1) is 12.2 Å². The maximum Gasteiger partial charge on any atom is 0.234 e. The topological polar surface area (TPSA) is 59.3 Å². The predicted octanol–water partition coefficient (Wildman–Crippen LogP) is 2.09. The Labute approximate surface area is 102 Å². The zero-order valence-corrected chi connectivity index (χ0v) is 9.40. The fourth-order valence-corrected chi connectivity index (χ4v) is 2.28. The molecule has 2 heterocycles. The lowest BCUT2D eigenvalue weighted by Crippen LogP contribution is -2.39. The first kappa shape index (κ1) is 11.0. The molecule has 0 saturated carbocycles. The van der Waals surface area contributed by atoms with Crippen LogP contribution in [0.4, 0.5) is 4.39 Å². The van der Waals surface area contributed by atoms with Gasteiger partial charge in [0.2, 0.25) is 11.8 Å². The minimum Gasteiger partial charge on any atom is -0.464 e. The Morgan fingerprint density at radius 2 is 2.17 bits per heavy atom. The second kappa shape index (κ2) is 3.94. The van der Waals surface area contributed by atoms with E-state index in [1.54, 1.807) is 6.07 Å². The quantitative estimate of drug-likeness (QED) is 0.785. The molecular formula is C13H10FNO3. The maximum atomic E-state index is 13.0. The van der Waals surface area contributed by atoms with Crippen molar-refractivity contribution in [3.63, 3.8) is 0 Å². The van der Waals surface area contributed by atoms with Crippen molar-refractivity contribution in [2.75, 3.05) is 0 Å². The number of amides is 2. The molecule has 2 aromatic rings. The van der Waals surface area contributed by atoms with Gasteiger partial charge < -0.3 is 4.42 Å². The Morgan fingerprint density at radius 3 is 2.94 bits per heavy atom. The van der Waals surface area contributed by atoms with Crippen molar-refractivity contribution in [3.05, 3.63) is 35.8 Å². The van der Waals surface area contributed by atoms with E-state index in [9.17, 15) is 14.0 Å². The van der Waals surface area contributed by atoms with Crippen LogP contribution in [0.5, 0.6) is 0 Å². The molecule has 4 nitrogen and oxygen atoms in total. The van der Waals surface area contributed by atoms with Gasteiger partial charge in [-0.1, -0.05) is 0 Å². The number of furan rings is 1. The van der Waals surface area contributed by atoms with Crippen molar-refractivity contribution in [2.45, 2.75) is 18.8 Å². The van der Waals surface area contributed by atoms with E-state index in [1.807, 2.05) is 0 Å². The second-order valence-electron chi connectivity index (χ2n) is 4.34. The summed E-state index contributed by atoms with van der Waals surface area (Å²) in [5.74, 6) is -1.37. The first-order valence-corrected chi connectivity index (χ1v) is 5.65. The Bertz CT molecular complexity index is 647. The lowest BCUT2D eigenvalue weighted by molar-refractivity contribution is -0.134. The second-order valence-corrected chi connectivity index (χ2v) is 4.34. The van der Waals surface area contributed by atoms with Gasteiger partial charge in [0, 0.05) is 23.4 Å². The fraction of sp³-hybridized carbons (Fsp3) is 0.231. The Hall–Kier alpha value is -2.17. The number of piperidine rings is 1. The molecule has 1 aliphatic heterocycles. The number of benzene rings is 1. The Balaban J connectivity index is 2.04. The Kier molecular flexibility index (Phi) is 2.40. The van der Waals surface area contributed by atoms with Gasteiger partial charge >= 0.3 is 0 Å². The normalized spacial score (nSPS) is 20.2. The van der Waals surface area contributed by atoms with Crippen LogP contribution in [0.25, 0.3) is 11.0 Å². The summed E-state index contributed by atoms with van der Waals surface area (Å²) in [6.45, 7) is 0. The van der Waals surface area contributed by atoms with Crippen molar-refractivity contribution in [3.8, 4) is 0 Å². The van der Waals surface area contributed by atoms with Crippen LogP contribution in [0.2, 0.25) is 0 Å². The molecule has 1 unspecified atom stereocenters. The molecule has 0 radical (unpaired) electrons. The molecule has 1 N–H and O–H groups in total. The van der Waals surface area contributed by atoms with Crippen LogP contribution in [0.15, 0.2) is 28.9 Å². The van der Waals surface area contributed by atoms with E-state index in [1.165, 1.54) is 18.4 Å². The predicted molar refractivity (Wildman–Crippen MR) is 61.3 cm³/mol. The third-order valence-corrected chi connectivity index (χ3v) is 3.18. The molecule has 0 bridgehead atoms. The van der Waals surface area contributed by atoms with Gasteiger partial charge in [-0.15, -0.1) is 0 Å². The highest BCUT2D eigenvalue weighted by Crippen LogP contribution is 2.32. The summed E-state index contributed by atoms with van der Waals surface area (Å²) in [6, 6.07) is 4.20. The molecular weight excluding hydrogens is 237 g/mol. The monoisotopic (exact) mass is 247 g/mol. The number of nitrogens with one attached hydrogen (secondary N) is 1. The van der Waals surface area contributed by atoms with Gasteiger partial charge in [0.25, 0.3) is 0 Å². The fourth-order valence-electron chi connectivity index (χ4n) is 2.28. The minimum absolute atomic E-state index is 0.255. The molecule has 3 rings (SSSR count). The number of carbonyl (C=O) groups is 2. The van der Waals surface area contributed by atoms with Gasteiger partial charge in [-0.25, -0.2) is 4.39 Å². The minimum atomic E-state index is -0.408. The largest absolute Gasteiger partial charge is 0.464 e. The number of hydrogen-bond acceptors (Lipinski definition) is 3. The average molecular weight is 247 g/mol. The van der Waals surface area contributed by atoms with E-state index in [0.29, 0.717) is 29.4 Å². The molecule has 1 saturated heterocycles. The van der Waals surface area contributed by atoms with E-state index in [2.05, 4.69) is 5.32 Å². The third kappa shape index (κ3) is 1.68. The Morgan fingerprint density at radius 1 is 1.33 bits per heavy atom. The number of hydrogen-bond donors (Lipinski definition) is 1. The molecule has 1 atom stereocenters. The van der Waals surface area contributed by atoms with E-state index < -0.39 is 5.92 Å². The van der Waals surface area contributed by atoms with Crippen LogP contribution in [-0.2, 0) is 9.59 Å². The van der Waals surface area contributed by atoms with Gasteiger partial charge in [0.15, 0.2) is 0 Å². The lowest BCUT2D eigenvalue weighted by Gasteiger charge is -2.19. The summed E-state index contributed by atoms with van der Waals surface area (Å²) in [5, 5.41) is 3.01. The van der Waals surface area contributed by atoms with E-state index in [0.717, 1.165) is 0 Å². The third-order valence-electron chi connectivity index (χ3n) is 3.18. The van der Waals surface area contributed by atoms with E-state index >= 15 is 0 Å². The van der Waals surface area contributed by atoms with Crippen LogP contribution in [0.3, 0.4) is 0 Å². The highest BCUT2D eigenvalue weighted by molar-refractivity contribution is 6.02. The molecule has 1 fully saturated rings. The van der Waals surface area contributed by atoms with Crippen molar-refractivity contribution >= 4 is 22.8 Å². The molecule has 1 aromatic carbocycles. The summed E-state index contributed by atoms with van der Waals surface area (Å²) in [6.07, 6.45) is 2.23. The van der Waals surface area contributed by atoms with Gasteiger partial charge in [-0.2, -0.15) is 0 Å². The number of carbonyl (C=O) groups excluding carboxylic acids is 2. The SMILES string of the molecule is O=C1CCC(c2coc3cc(F)ccc23)C(=O)N1. The van der Waals surface area contributed by atoms with E-state index in [-0.39, 0.29) is 17.6 Å². The average Bonchev–Trinajstić information content (AvgIpc) is 2.72. The number of fused-ring (bicyclic) bond motifs is 1. The summed E-state index contributed by atoms with van der Waals surface area (Å²) in [4.78, 5) is 22.9. The first-order valence-electron chi connectivity index (χ1n) is 5.65. The molecule has 92 valence electrons. The summed E-state index contributed by atoms with van der Waals surface area (Å²) in [5.41, 5.74) is 1.12. The number of imide groups is 1. The maximum absolute atomic E-state index is 13.0. The molecule has 1 aliphatic rings. The van der Waals surface area contributed by atoms with Crippen molar-refractivity contribution in [1.29, 1.82) is 0 Å². The molecule has 18 heavy (non-hydrogen) atoms. The smallest absolute Gasteiger partial charge is 0.234 e. The van der Waals surface area contributed by atoms with E-state index in [4.69, 9.17) is 4.42 Å². The lowest BCUT2D eigenvalue weighted by atomic mass is 9.90. The molecule has 0 aliphatic carbocycles. The van der Waals surface area contributed by atoms with Crippen molar-refractivity contribution < 1.29 is 18.4 Å². The van der Waals surface area contributed by atoms with Crippen molar-refractivity contribution in [2.24, 2.45) is 0 Å². The highest BCUT2D eigenvalue weighted by Gasteiger charge is 2.30. The van der Waals surface area contributed by atoms with Gasteiger partial charge in [-0.05, 0) is 18.6 Å². The molecule has 2 amide bonds. The summed E-state index contributed by atoms with van der Waals surface area (Å²) in [7, 11) is 0. The van der Waals surface area contributed by atoms with Crippen molar-refractivity contribution in [1.82, 2.24) is 5.32 Å². The first-order chi connectivity index (χ1) is 8.65. The van der Waals surface area contributed by atoms with Crippen LogP contribution >= 0.6 is 0 Å². The van der Waals surface area contributed by atoms with Gasteiger partial charge in [0.1, 0.15) is 11.4 Å². The molecule has 5 heteroatoms. The molecule has 1 aromatic heterocycles. The zero-order chi connectivity index (χ0) is 12.7. The van der Waals surface area contributed by atoms with Crippen LogP contribution in [0, 0.1) is 5.82 Å². The van der Waals surface area contributed by atoms with Crippen LogP contribution in [-0.4, -0.2) is 11.8 Å². The molecule has 0 spiro atoms. The van der Waals surface area contributed by atoms with Crippen LogP contribution in [0.1, 0.15) is 24.3 Å². The van der Waals surface area contributed by atoms with Gasteiger partial charge in [-0.3, -0.25) is 14.9 Å². The standard InChI is InChI=1S/C13H10FNO3/c14-7-1-2-8-10(6-18-11(8)5-7)9-3-4-12(16)15-13(9)17/h1-2,5-6,9H,3-4H2,(H,15,16,17). The highest BCUT2D eigenvalue weighted by atomic mass is 19.1. The van der Waals surface area contributed by atoms with Crippen LogP contribution < -0.4 is 5.32 Å². The number of halogens is 1.